The Kier molecular flexibility index (Phi) is 6.29. The molecule has 3 aromatic carbocycles. The Balaban J connectivity index is 1.31. The number of nitrogens with one attached hydrogen (secondary N) is 1. The van der Waals surface area contributed by atoms with E-state index >= 15 is 0 Å². The van der Waals surface area contributed by atoms with Gasteiger partial charge in [0, 0.05) is 22.7 Å². The summed E-state index contributed by atoms with van der Waals surface area (Å²) in [6.45, 7) is 8.15. The third-order valence-electron chi connectivity index (χ3n) is 6.31. The van der Waals surface area contributed by atoms with Crippen molar-refractivity contribution in [1.82, 2.24) is 14.7 Å². The first-order valence-corrected chi connectivity index (χ1v) is 12.2. The molecule has 0 aliphatic rings. The first-order chi connectivity index (χ1) is 17.7. The van der Waals surface area contributed by atoms with Gasteiger partial charge in [0.15, 0.2) is 5.82 Å². The summed E-state index contributed by atoms with van der Waals surface area (Å²) in [5, 5.41) is 6.77. The van der Waals surface area contributed by atoms with Crippen molar-refractivity contribution in [2.24, 2.45) is 0 Å². The molecule has 0 aliphatic heterocycles. The molecule has 0 bridgehead atoms. The number of aromatic nitrogens is 3. The average Bonchev–Trinajstić information content (AvgIpc) is 3.51. The number of rotatable bonds is 6. The maximum absolute atomic E-state index is 12.5. The lowest BCUT2D eigenvalue weighted by molar-refractivity contribution is -0.115. The molecule has 1 N–H and O–H groups in total. The topological polar surface area (TPSA) is 82.2 Å². The highest BCUT2D eigenvalue weighted by Crippen LogP contribution is 2.33. The molecule has 0 unspecified atom stereocenters. The molecule has 0 radical (unpaired) electrons. The number of nitrogens with zero attached hydrogens (tertiary/aromatic N) is 3. The average molecular weight is 495 g/mol. The van der Waals surface area contributed by atoms with Crippen LogP contribution in [0.1, 0.15) is 37.7 Å². The highest BCUT2D eigenvalue weighted by atomic mass is 16.5. The Bertz CT molecular complexity index is 1570. The molecule has 2 heterocycles. The predicted octanol–water partition coefficient (Wildman–Crippen LogP) is 6.48. The standard InChI is InChI=1S/C30H30N4O3/c1-19-6-12-23(26(14-19)36-5)21-9-13-25-24(16-21)31-18-34(25)22-10-7-20(8-11-22)15-29(35)32-28-17-27(37-33-28)30(2,3)4/h6-14,16-18H,15H2,1-5H3,(H,32,33,35). The van der Waals surface area contributed by atoms with Crippen molar-refractivity contribution in [3.63, 3.8) is 0 Å². The molecule has 37 heavy (non-hydrogen) atoms. The number of methoxy groups -OCH3 is 1. The van der Waals surface area contributed by atoms with Crippen LogP contribution in [0, 0.1) is 6.92 Å². The van der Waals surface area contributed by atoms with Crippen molar-refractivity contribution in [2.45, 2.75) is 39.5 Å². The number of fused-ring (bicyclic) bond motifs is 1. The van der Waals surface area contributed by atoms with E-state index in [4.69, 9.17) is 9.26 Å². The summed E-state index contributed by atoms with van der Waals surface area (Å²) >= 11 is 0. The Morgan fingerprint density at radius 1 is 1.03 bits per heavy atom. The summed E-state index contributed by atoms with van der Waals surface area (Å²) < 4.78 is 13.0. The minimum atomic E-state index is -0.168. The smallest absolute Gasteiger partial charge is 0.230 e. The maximum atomic E-state index is 12.5. The highest BCUT2D eigenvalue weighted by molar-refractivity contribution is 5.91. The van der Waals surface area contributed by atoms with Gasteiger partial charge in [-0.15, -0.1) is 0 Å². The van der Waals surface area contributed by atoms with E-state index in [-0.39, 0.29) is 17.7 Å². The fraction of sp³-hybridized carbons (Fsp3) is 0.233. The maximum Gasteiger partial charge on any atom is 0.230 e. The van der Waals surface area contributed by atoms with Gasteiger partial charge >= 0.3 is 0 Å². The molecule has 188 valence electrons. The molecule has 5 aromatic rings. The summed E-state index contributed by atoms with van der Waals surface area (Å²) in [6.07, 6.45) is 2.06. The number of amides is 1. The zero-order valence-corrected chi connectivity index (χ0v) is 21.7. The van der Waals surface area contributed by atoms with E-state index in [1.54, 1.807) is 13.2 Å². The van der Waals surface area contributed by atoms with E-state index in [9.17, 15) is 4.79 Å². The number of carbonyl (C=O) groups is 1. The zero-order chi connectivity index (χ0) is 26.2. The largest absolute Gasteiger partial charge is 0.496 e. The molecule has 0 saturated carbocycles. The normalized spacial score (nSPS) is 11.6. The van der Waals surface area contributed by atoms with Crippen LogP contribution in [0.15, 0.2) is 77.6 Å². The van der Waals surface area contributed by atoms with Gasteiger partial charge in [-0.3, -0.25) is 9.36 Å². The van der Waals surface area contributed by atoms with Crippen molar-refractivity contribution in [3.8, 4) is 22.6 Å². The third-order valence-corrected chi connectivity index (χ3v) is 6.31. The van der Waals surface area contributed by atoms with E-state index in [0.29, 0.717) is 5.82 Å². The van der Waals surface area contributed by atoms with Crippen LogP contribution >= 0.6 is 0 Å². The van der Waals surface area contributed by atoms with E-state index in [0.717, 1.165) is 50.5 Å². The summed E-state index contributed by atoms with van der Waals surface area (Å²) in [7, 11) is 1.69. The first kappa shape index (κ1) is 24.3. The predicted molar refractivity (Wildman–Crippen MR) is 145 cm³/mol. The molecule has 7 nitrogen and oxygen atoms in total. The summed E-state index contributed by atoms with van der Waals surface area (Å²) in [5.41, 5.74) is 6.84. The van der Waals surface area contributed by atoms with Crippen LogP contribution in [0.5, 0.6) is 5.75 Å². The number of carbonyl (C=O) groups excluding carboxylic acids is 1. The number of imidazole rings is 1. The third kappa shape index (κ3) is 5.11. The van der Waals surface area contributed by atoms with Crippen molar-refractivity contribution in [1.29, 1.82) is 0 Å². The number of hydrogen-bond donors (Lipinski definition) is 1. The lowest BCUT2D eigenvalue weighted by atomic mass is 9.93. The quantitative estimate of drug-likeness (QED) is 0.292. The van der Waals surface area contributed by atoms with Crippen LogP contribution in [-0.4, -0.2) is 27.7 Å². The second-order valence-corrected chi connectivity index (χ2v) is 10.2. The molecule has 1 amide bonds. The zero-order valence-electron chi connectivity index (χ0n) is 21.7. The number of aryl methyl sites for hydroxylation is 1. The SMILES string of the molecule is COc1cc(C)ccc1-c1ccc2c(c1)ncn2-c1ccc(CC(=O)Nc2cc(C(C)(C)C)on2)cc1. The fourth-order valence-corrected chi connectivity index (χ4v) is 4.26. The van der Waals surface area contributed by atoms with Crippen LogP contribution in [0.25, 0.3) is 27.8 Å². The van der Waals surface area contributed by atoms with Gasteiger partial charge in [-0.2, -0.15) is 0 Å². The minimum Gasteiger partial charge on any atom is -0.496 e. The number of benzene rings is 3. The van der Waals surface area contributed by atoms with Gasteiger partial charge in [-0.25, -0.2) is 4.98 Å². The lowest BCUT2D eigenvalue weighted by Gasteiger charge is -2.12. The van der Waals surface area contributed by atoms with Crippen LogP contribution < -0.4 is 10.1 Å². The van der Waals surface area contributed by atoms with Gasteiger partial charge in [0.05, 0.1) is 24.6 Å². The molecule has 0 aliphatic carbocycles. The number of hydrogen-bond acceptors (Lipinski definition) is 5. The van der Waals surface area contributed by atoms with Crippen molar-refractivity contribution < 1.29 is 14.1 Å². The fourth-order valence-electron chi connectivity index (χ4n) is 4.26. The van der Waals surface area contributed by atoms with Gasteiger partial charge in [-0.05, 0) is 53.9 Å². The Labute approximate surface area is 216 Å². The molecular weight excluding hydrogens is 464 g/mol. The van der Waals surface area contributed by atoms with E-state index in [2.05, 4.69) is 45.8 Å². The second-order valence-electron chi connectivity index (χ2n) is 10.2. The second kappa shape index (κ2) is 9.58. The van der Waals surface area contributed by atoms with E-state index < -0.39 is 0 Å². The van der Waals surface area contributed by atoms with Crippen LogP contribution in [0.4, 0.5) is 5.82 Å². The van der Waals surface area contributed by atoms with E-state index in [1.807, 2.05) is 68.9 Å². The molecule has 0 spiro atoms. The van der Waals surface area contributed by atoms with Crippen molar-refractivity contribution >= 4 is 22.8 Å². The van der Waals surface area contributed by atoms with Gasteiger partial charge in [-0.1, -0.05) is 56.3 Å². The summed E-state index contributed by atoms with van der Waals surface area (Å²) in [6, 6.07) is 22.1. The highest BCUT2D eigenvalue weighted by Gasteiger charge is 2.20. The Morgan fingerprint density at radius 3 is 2.51 bits per heavy atom. The Morgan fingerprint density at radius 2 is 1.81 bits per heavy atom. The molecule has 2 aromatic heterocycles. The monoisotopic (exact) mass is 494 g/mol. The Hall–Kier alpha value is -4.39. The summed E-state index contributed by atoms with van der Waals surface area (Å²) in [4.78, 5) is 17.2. The van der Waals surface area contributed by atoms with Crippen LogP contribution in [-0.2, 0) is 16.6 Å². The van der Waals surface area contributed by atoms with Crippen LogP contribution in [0.2, 0.25) is 0 Å². The summed E-state index contributed by atoms with van der Waals surface area (Å²) in [5.74, 6) is 1.86. The molecular formula is C30H30N4O3. The molecule has 5 rings (SSSR count). The lowest BCUT2D eigenvalue weighted by Crippen LogP contribution is -2.14. The number of ether oxygens (including phenoxy) is 1. The molecule has 0 fully saturated rings. The van der Waals surface area contributed by atoms with Gasteiger partial charge in [0.25, 0.3) is 0 Å². The van der Waals surface area contributed by atoms with Gasteiger partial charge in [0.1, 0.15) is 17.8 Å². The first-order valence-electron chi connectivity index (χ1n) is 12.2. The molecule has 7 heteroatoms. The minimum absolute atomic E-state index is 0.145. The van der Waals surface area contributed by atoms with Crippen molar-refractivity contribution in [3.05, 3.63) is 89.9 Å². The number of anilines is 1. The molecule has 0 atom stereocenters. The van der Waals surface area contributed by atoms with E-state index in [1.165, 1.54) is 0 Å². The van der Waals surface area contributed by atoms with Crippen molar-refractivity contribution in [2.75, 3.05) is 12.4 Å². The van der Waals surface area contributed by atoms with Crippen LogP contribution in [0.3, 0.4) is 0 Å². The molecule has 0 saturated heterocycles. The van der Waals surface area contributed by atoms with Gasteiger partial charge < -0.3 is 14.6 Å². The van der Waals surface area contributed by atoms with Gasteiger partial charge in [0.2, 0.25) is 5.91 Å².